The van der Waals surface area contributed by atoms with Crippen molar-refractivity contribution in [3.63, 3.8) is 0 Å². The molecule has 0 aliphatic rings. The number of amides is 1. The van der Waals surface area contributed by atoms with Gasteiger partial charge in [0.15, 0.2) is 0 Å². The first-order valence-electron chi connectivity index (χ1n) is 6.72. The molecule has 0 saturated heterocycles. The lowest BCUT2D eigenvalue weighted by Gasteiger charge is -2.08. The van der Waals surface area contributed by atoms with E-state index in [4.69, 9.17) is 0 Å². The van der Waals surface area contributed by atoms with Crippen LogP contribution in [0.3, 0.4) is 0 Å². The molecule has 4 nitrogen and oxygen atoms in total. The van der Waals surface area contributed by atoms with Gasteiger partial charge < -0.3 is 5.32 Å². The van der Waals surface area contributed by atoms with E-state index in [0.29, 0.717) is 11.0 Å². The molecule has 2 rings (SSSR count). The van der Waals surface area contributed by atoms with E-state index in [-0.39, 0.29) is 5.56 Å². The second-order valence-corrected chi connectivity index (χ2v) is 5.71. The summed E-state index contributed by atoms with van der Waals surface area (Å²) in [6, 6.07) is 6.48. The molecular weight excluding hydrogens is 337 g/mol. The molecule has 1 N–H and O–H groups in total. The van der Waals surface area contributed by atoms with Crippen molar-refractivity contribution < 1.29 is 9.18 Å². The molecule has 0 bridgehead atoms. The molecule has 0 atom stereocenters. The molecule has 0 radical (unpaired) electrons. The number of aromatic nitrogens is 2. The highest BCUT2D eigenvalue weighted by atomic mass is 79.9. The number of nitrogens with zero attached hydrogens (tertiary/aromatic N) is 2. The lowest BCUT2D eigenvalue weighted by atomic mass is 10.2. The zero-order valence-corrected chi connectivity index (χ0v) is 13.6. The summed E-state index contributed by atoms with van der Waals surface area (Å²) in [5.74, 6) is -0.936. The van der Waals surface area contributed by atoms with Crippen molar-refractivity contribution >= 4 is 21.8 Å². The number of benzene rings is 1. The van der Waals surface area contributed by atoms with Crippen LogP contribution in [0.1, 0.15) is 28.2 Å². The van der Waals surface area contributed by atoms with E-state index in [0.717, 1.165) is 24.4 Å². The van der Waals surface area contributed by atoms with E-state index in [2.05, 4.69) is 26.3 Å². The topological polar surface area (TPSA) is 46.9 Å². The van der Waals surface area contributed by atoms with Gasteiger partial charge in [-0.2, -0.15) is 5.10 Å². The van der Waals surface area contributed by atoms with E-state index in [1.165, 1.54) is 6.07 Å². The average molecular weight is 354 g/mol. The standard InChI is InChI=1S/C15H17BrFN3O/c1-10-9-11(2)20(19-10)8-4-7-18-15(21)14-12(16)5-3-6-13(14)17/h3,5-6,9H,4,7-8H2,1-2H3,(H,18,21). The van der Waals surface area contributed by atoms with Crippen molar-refractivity contribution in [1.29, 1.82) is 0 Å². The molecular formula is C15H17BrFN3O. The maximum Gasteiger partial charge on any atom is 0.255 e. The van der Waals surface area contributed by atoms with Gasteiger partial charge in [-0.3, -0.25) is 9.48 Å². The Morgan fingerprint density at radius 3 is 2.81 bits per heavy atom. The Hall–Kier alpha value is -1.69. The number of hydrogen-bond donors (Lipinski definition) is 1. The highest BCUT2D eigenvalue weighted by molar-refractivity contribution is 9.10. The van der Waals surface area contributed by atoms with Crippen molar-refractivity contribution in [1.82, 2.24) is 15.1 Å². The van der Waals surface area contributed by atoms with E-state index >= 15 is 0 Å². The second-order valence-electron chi connectivity index (χ2n) is 4.86. The Morgan fingerprint density at radius 1 is 1.43 bits per heavy atom. The van der Waals surface area contributed by atoms with Gasteiger partial charge >= 0.3 is 0 Å². The van der Waals surface area contributed by atoms with Gasteiger partial charge in [-0.25, -0.2) is 4.39 Å². The summed E-state index contributed by atoms with van der Waals surface area (Å²) in [5.41, 5.74) is 2.12. The van der Waals surface area contributed by atoms with Crippen molar-refractivity contribution in [3.05, 3.63) is 51.5 Å². The van der Waals surface area contributed by atoms with Crippen LogP contribution < -0.4 is 5.32 Å². The third-order valence-corrected chi connectivity index (χ3v) is 3.79. The van der Waals surface area contributed by atoms with E-state index < -0.39 is 11.7 Å². The molecule has 1 aromatic carbocycles. The molecule has 1 amide bonds. The number of nitrogens with one attached hydrogen (secondary N) is 1. The molecule has 1 heterocycles. The SMILES string of the molecule is Cc1cc(C)n(CCCNC(=O)c2c(F)cccc2Br)n1. The Labute approximate surface area is 131 Å². The third-order valence-electron chi connectivity index (χ3n) is 3.13. The van der Waals surface area contributed by atoms with Crippen LogP contribution in [-0.2, 0) is 6.54 Å². The van der Waals surface area contributed by atoms with Gasteiger partial charge in [0.05, 0.1) is 11.3 Å². The molecule has 0 aliphatic heterocycles. The van der Waals surface area contributed by atoms with Gasteiger partial charge in [0.1, 0.15) is 5.82 Å². The summed E-state index contributed by atoms with van der Waals surface area (Å²) in [4.78, 5) is 12.0. The zero-order valence-electron chi connectivity index (χ0n) is 12.0. The van der Waals surface area contributed by atoms with Gasteiger partial charge in [-0.1, -0.05) is 6.07 Å². The summed E-state index contributed by atoms with van der Waals surface area (Å²) < 4.78 is 16.0. The normalized spacial score (nSPS) is 10.7. The molecule has 0 fully saturated rings. The van der Waals surface area contributed by atoms with Crippen LogP contribution in [0.15, 0.2) is 28.7 Å². The molecule has 0 saturated carbocycles. The molecule has 0 spiro atoms. The van der Waals surface area contributed by atoms with Crippen LogP contribution in [0.4, 0.5) is 4.39 Å². The fourth-order valence-corrected chi connectivity index (χ4v) is 2.66. The predicted molar refractivity (Wildman–Crippen MR) is 82.8 cm³/mol. The van der Waals surface area contributed by atoms with Gasteiger partial charge in [-0.05, 0) is 54.4 Å². The average Bonchev–Trinajstić information content (AvgIpc) is 2.73. The number of hydrogen-bond acceptors (Lipinski definition) is 2. The lowest BCUT2D eigenvalue weighted by Crippen LogP contribution is -2.26. The van der Waals surface area contributed by atoms with Gasteiger partial charge in [0.2, 0.25) is 0 Å². The number of carbonyl (C=O) groups is 1. The first-order chi connectivity index (χ1) is 9.99. The Kier molecular flexibility index (Phi) is 5.12. The molecule has 6 heteroatoms. The van der Waals surface area contributed by atoms with E-state index in [1.54, 1.807) is 12.1 Å². The Morgan fingerprint density at radius 2 is 2.19 bits per heavy atom. The van der Waals surface area contributed by atoms with Crippen LogP contribution in [0, 0.1) is 19.7 Å². The quantitative estimate of drug-likeness (QED) is 0.838. The summed E-state index contributed by atoms with van der Waals surface area (Å²) in [6.45, 7) is 5.13. The fraction of sp³-hybridized carbons (Fsp3) is 0.333. The summed E-state index contributed by atoms with van der Waals surface area (Å²) in [5, 5.41) is 7.08. The highest BCUT2D eigenvalue weighted by Gasteiger charge is 2.14. The van der Waals surface area contributed by atoms with Crippen molar-refractivity contribution in [3.8, 4) is 0 Å². The largest absolute Gasteiger partial charge is 0.352 e. The highest BCUT2D eigenvalue weighted by Crippen LogP contribution is 2.19. The maximum atomic E-state index is 13.6. The monoisotopic (exact) mass is 353 g/mol. The van der Waals surface area contributed by atoms with Crippen LogP contribution in [0.5, 0.6) is 0 Å². The third kappa shape index (κ3) is 3.91. The minimum atomic E-state index is -0.527. The summed E-state index contributed by atoms with van der Waals surface area (Å²) >= 11 is 3.19. The van der Waals surface area contributed by atoms with Crippen LogP contribution in [-0.4, -0.2) is 22.2 Å². The van der Waals surface area contributed by atoms with Gasteiger partial charge in [-0.15, -0.1) is 0 Å². The van der Waals surface area contributed by atoms with Gasteiger partial charge in [0.25, 0.3) is 5.91 Å². The minimum absolute atomic E-state index is 0.0450. The second kappa shape index (κ2) is 6.85. The van der Waals surface area contributed by atoms with E-state index in [9.17, 15) is 9.18 Å². The number of carbonyl (C=O) groups excluding carboxylic acids is 1. The van der Waals surface area contributed by atoms with Crippen molar-refractivity contribution in [2.75, 3.05) is 6.54 Å². The summed E-state index contributed by atoms with van der Waals surface area (Å²) in [6.07, 6.45) is 0.736. The minimum Gasteiger partial charge on any atom is -0.352 e. The number of rotatable bonds is 5. The molecule has 0 aliphatic carbocycles. The van der Waals surface area contributed by atoms with E-state index in [1.807, 2.05) is 24.6 Å². The molecule has 2 aromatic rings. The zero-order chi connectivity index (χ0) is 15.4. The smallest absolute Gasteiger partial charge is 0.255 e. The number of aryl methyl sites for hydroxylation is 3. The van der Waals surface area contributed by atoms with Crippen molar-refractivity contribution in [2.45, 2.75) is 26.8 Å². The van der Waals surface area contributed by atoms with Crippen LogP contribution >= 0.6 is 15.9 Å². The predicted octanol–water partition coefficient (Wildman–Crippen LogP) is 3.22. The first-order valence-corrected chi connectivity index (χ1v) is 7.51. The van der Waals surface area contributed by atoms with Crippen molar-refractivity contribution in [2.24, 2.45) is 0 Å². The lowest BCUT2D eigenvalue weighted by molar-refractivity contribution is 0.0947. The first kappa shape index (κ1) is 15.7. The fourth-order valence-electron chi connectivity index (χ4n) is 2.14. The van der Waals surface area contributed by atoms with Gasteiger partial charge in [0, 0.05) is 23.3 Å². The molecule has 0 unspecified atom stereocenters. The maximum absolute atomic E-state index is 13.6. The Bertz CT molecular complexity index is 634. The van der Waals surface area contributed by atoms with Crippen LogP contribution in [0.25, 0.3) is 0 Å². The molecule has 112 valence electrons. The Balaban J connectivity index is 1.86. The summed E-state index contributed by atoms with van der Waals surface area (Å²) in [7, 11) is 0. The number of halogens is 2. The molecule has 1 aromatic heterocycles. The molecule has 21 heavy (non-hydrogen) atoms. The van der Waals surface area contributed by atoms with Crippen LogP contribution in [0.2, 0.25) is 0 Å².